The summed E-state index contributed by atoms with van der Waals surface area (Å²) in [5.74, 6) is 1.43. The molecule has 0 amide bonds. The maximum absolute atomic E-state index is 8.76. The van der Waals surface area contributed by atoms with E-state index in [9.17, 15) is 0 Å². The van der Waals surface area contributed by atoms with E-state index in [1.165, 1.54) is 5.56 Å². The summed E-state index contributed by atoms with van der Waals surface area (Å²) >= 11 is 0. The van der Waals surface area contributed by atoms with Gasteiger partial charge in [-0.3, -0.25) is 0 Å². The molecule has 0 radical (unpaired) electrons. The molecule has 2 rings (SSSR count). The average Bonchev–Trinajstić information content (AvgIpc) is 2.68. The first-order valence-electron chi connectivity index (χ1n) is 5.94. The third-order valence-corrected chi connectivity index (χ3v) is 3.10. The van der Waals surface area contributed by atoms with E-state index in [1.807, 2.05) is 12.1 Å². The molecule has 0 spiro atoms. The van der Waals surface area contributed by atoms with Gasteiger partial charge in [-0.15, -0.1) is 0 Å². The van der Waals surface area contributed by atoms with Crippen molar-refractivity contribution in [2.75, 3.05) is 19.7 Å². The van der Waals surface area contributed by atoms with Crippen LogP contribution in [0, 0.1) is 0 Å². The molecule has 1 aromatic rings. The van der Waals surface area contributed by atoms with E-state index < -0.39 is 0 Å². The predicted octanol–water partition coefficient (Wildman–Crippen LogP) is 1.52. The normalized spacial score (nSPS) is 22.9. The summed E-state index contributed by atoms with van der Waals surface area (Å²) in [5, 5.41) is 12.0. The van der Waals surface area contributed by atoms with Gasteiger partial charge in [-0.25, -0.2) is 0 Å². The van der Waals surface area contributed by atoms with Crippen molar-refractivity contribution in [3.63, 3.8) is 0 Å². The second-order valence-electron chi connectivity index (χ2n) is 4.14. The lowest BCUT2D eigenvalue weighted by Gasteiger charge is -2.17. The Labute approximate surface area is 96.4 Å². The number of aliphatic hydroxyl groups excluding tert-OH is 1. The minimum absolute atomic E-state index is 0.187. The second-order valence-corrected chi connectivity index (χ2v) is 4.14. The molecule has 2 atom stereocenters. The molecule has 1 aromatic carbocycles. The van der Waals surface area contributed by atoms with E-state index in [4.69, 9.17) is 9.84 Å². The second kappa shape index (κ2) is 5.32. The summed E-state index contributed by atoms with van der Waals surface area (Å²) in [6.45, 7) is 3.85. The zero-order valence-electron chi connectivity index (χ0n) is 9.65. The van der Waals surface area contributed by atoms with Gasteiger partial charge in [0.1, 0.15) is 11.9 Å². The largest absolute Gasteiger partial charge is 0.489 e. The first-order chi connectivity index (χ1) is 7.86. The summed E-state index contributed by atoms with van der Waals surface area (Å²) in [4.78, 5) is 0. The lowest BCUT2D eigenvalue weighted by molar-refractivity contribution is 0.196. The van der Waals surface area contributed by atoms with Gasteiger partial charge in [0.2, 0.25) is 0 Å². The van der Waals surface area contributed by atoms with Crippen molar-refractivity contribution in [1.29, 1.82) is 0 Å². The minimum Gasteiger partial charge on any atom is -0.489 e. The van der Waals surface area contributed by atoms with Crippen LogP contribution in [-0.2, 0) is 0 Å². The van der Waals surface area contributed by atoms with Crippen molar-refractivity contribution in [3.8, 4) is 5.75 Å². The number of hydrogen-bond donors (Lipinski definition) is 2. The van der Waals surface area contributed by atoms with Crippen molar-refractivity contribution in [2.24, 2.45) is 0 Å². The maximum Gasteiger partial charge on any atom is 0.123 e. The summed E-state index contributed by atoms with van der Waals surface area (Å²) in [6.07, 6.45) is 1.28. The Bertz CT molecular complexity index is 340. The topological polar surface area (TPSA) is 41.5 Å². The van der Waals surface area contributed by atoms with Gasteiger partial charge in [-0.1, -0.05) is 25.1 Å². The van der Waals surface area contributed by atoms with Gasteiger partial charge in [0.05, 0.1) is 6.61 Å². The molecule has 16 heavy (non-hydrogen) atoms. The molecule has 88 valence electrons. The molecule has 2 N–H and O–H groups in total. The average molecular weight is 221 g/mol. The monoisotopic (exact) mass is 221 g/mol. The van der Waals surface area contributed by atoms with Gasteiger partial charge in [0.15, 0.2) is 0 Å². The fourth-order valence-corrected chi connectivity index (χ4v) is 2.29. The molecule has 0 aromatic heterocycles. The van der Waals surface area contributed by atoms with Gasteiger partial charge in [-0.2, -0.15) is 0 Å². The third kappa shape index (κ3) is 2.20. The van der Waals surface area contributed by atoms with Gasteiger partial charge in [-0.05, 0) is 12.5 Å². The Kier molecular flexibility index (Phi) is 3.80. The summed E-state index contributed by atoms with van der Waals surface area (Å²) < 4.78 is 5.90. The smallest absolute Gasteiger partial charge is 0.123 e. The fourth-order valence-electron chi connectivity index (χ4n) is 2.29. The molecular formula is C13H19NO2. The van der Waals surface area contributed by atoms with Crippen LogP contribution in [0.15, 0.2) is 24.3 Å². The SMILES string of the molecule is CCC1Oc2ccccc2C1CNCCO. The molecule has 1 aliphatic heterocycles. The van der Waals surface area contributed by atoms with Gasteiger partial charge < -0.3 is 15.2 Å². The molecule has 1 aliphatic rings. The Morgan fingerprint density at radius 3 is 2.94 bits per heavy atom. The van der Waals surface area contributed by atoms with E-state index in [-0.39, 0.29) is 12.7 Å². The Balaban J connectivity index is 2.08. The molecule has 2 unspecified atom stereocenters. The molecule has 0 saturated heterocycles. The Morgan fingerprint density at radius 2 is 2.19 bits per heavy atom. The number of benzene rings is 1. The van der Waals surface area contributed by atoms with E-state index >= 15 is 0 Å². The standard InChI is InChI=1S/C13H19NO2/c1-2-12-11(9-14-7-8-15)10-5-3-4-6-13(10)16-12/h3-6,11-12,14-15H,2,7-9H2,1H3. The zero-order valence-corrected chi connectivity index (χ0v) is 9.65. The number of nitrogens with one attached hydrogen (secondary N) is 1. The predicted molar refractivity (Wildman–Crippen MR) is 63.8 cm³/mol. The number of hydrogen-bond acceptors (Lipinski definition) is 3. The third-order valence-electron chi connectivity index (χ3n) is 3.10. The Morgan fingerprint density at radius 1 is 1.38 bits per heavy atom. The van der Waals surface area contributed by atoms with Crippen LogP contribution < -0.4 is 10.1 Å². The van der Waals surface area contributed by atoms with Gasteiger partial charge in [0.25, 0.3) is 0 Å². The van der Waals surface area contributed by atoms with Crippen LogP contribution >= 0.6 is 0 Å². The number of aliphatic hydroxyl groups is 1. The van der Waals surface area contributed by atoms with Gasteiger partial charge in [0, 0.05) is 24.6 Å². The van der Waals surface area contributed by atoms with Crippen molar-refractivity contribution in [3.05, 3.63) is 29.8 Å². The lowest BCUT2D eigenvalue weighted by Crippen LogP contribution is -2.30. The van der Waals surface area contributed by atoms with Crippen molar-refractivity contribution >= 4 is 0 Å². The van der Waals surface area contributed by atoms with E-state index in [0.29, 0.717) is 12.5 Å². The van der Waals surface area contributed by atoms with Crippen LogP contribution in [0.2, 0.25) is 0 Å². The summed E-state index contributed by atoms with van der Waals surface area (Å²) in [6, 6.07) is 8.23. The van der Waals surface area contributed by atoms with Crippen LogP contribution in [0.4, 0.5) is 0 Å². The maximum atomic E-state index is 8.76. The van der Waals surface area contributed by atoms with E-state index in [0.717, 1.165) is 18.7 Å². The highest BCUT2D eigenvalue weighted by atomic mass is 16.5. The number of ether oxygens (including phenoxy) is 1. The molecular weight excluding hydrogens is 202 g/mol. The quantitative estimate of drug-likeness (QED) is 0.741. The molecule has 3 nitrogen and oxygen atoms in total. The van der Waals surface area contributed by atoms with Crippen LogP contribution in [-0.4, -0.2) is 30.9 Å². The Hall–Kier alpha value is -1.06. The first-order valence-corrected chi connectivity index (χ1v) is 5.94. The van der Waals surface area contributed by atoms with Gasteiger partial charge >= 0.3 is 0 Å². The highest BCUT2D eigenvalue weighted by molar-refractivity contribution is 5.41. The first kappa shape index (κ1) is 11.4. The number of rotatable bonds is 5. The molecule has 3 heteroatoms. The summed E-state index contributed by atoms with van der Waals surface area (Å²) in [7, 11) is 0. The summed E-state index contributed by atoms with van der Waals surface area (Å²) in [5.41, 5.74) is 1.29. The highest BCUT2D eigenvalue weighted by Crippen LogP contribution is 2.38. The zero-order chi connectivity index (χ0) is 11.4. The van der Waals surface area contributed by atoms with Crippen LogP contribution in [0.1, 0.15) is 24.8 Å². The van der Waals surface area contributed by atoms with Crippen LogP contribution in [0.5, 0.6) is 5.75 Å². The molecule has 0 aliphatic carbocycles. The number of para-hydroxylation sites is 1. The molecule has 1 heterocycles. The van der Waals surface area contributed by atoms with Crippen molar-refractivity contribution in [2.45, 2.75) is 25.4 Å². The minimum atomic E-state index is 0.187. The van der Waals surface area contributed by atoms with E-state index in [1.54, 1.807) is 0 Å². The van der Waals surface area contributed by atoms with E-state index in [2.05, 4.69) is 24.4 Å². The molecule has 0 saturated carbocycles. The fraction of sp³-hybridized carbons (Fsp3) is 0.538. The van der Waals surface area contributed by atoms with Crippen molar-refractivity contribution in [1.82, 2.24) is 5.32 Å². The lowest BCUT2D eigenvalue weighted by atomic mass is 9.94. The van der Waals surface area contributed by atoms with Crippen LogP contribution in [0.3, 0.4) is 0 Å². The van der Waals surface area contributed by atoms with Crippen molar-refractivity contribution < 1.29 is 9.84 Å². The molecule has 0 bridgehead atoms. The van der Waals surface area contributed by atoms with Crippen LogP contribution in [0.25, 0.3) is 0 Å². The molecule has 0 fully saturated rings. The highest BCUT2D eigenvalue weighted by Gasteiger charge is 2.32. The number of fused-ring (bicyclic) bond motifs is 1.